The van der Waals surface area contributed by atoms with Gasteiger partial charge in [-0.05, 0) is 68.3 Å². The van der Waals surface area contributed by atoms with Crippen molar-refractivity contribution in [3.05, 3.63) is 56.5 Å². The fourth-order valence-corrected chi connectivity index (χ4v) is 2.43. The normalized spacial score (nSPS) is 10.3. The molecule has 0 amide bonds. The molecule has 0 aliphatic rings. The third-order valence-corrected chi connectivity index (χ3v) is 4.06. The molecule has 19 heavy (non-hydrogen) atoms. The molecule has 0 spiro atoms. The summed E-state index contributed by atoms with van der Waals surface area (Å²) in [5.74, 6) is 0.604. The zero-order valence-electron chi connectivity index (χ0n) is 10.1. The summed E-state index contributed by atoms with van der Waals surface area (Å²) in [6.07, 6.45) is 0. The van der Waals surface area contributed by atoms with Crippen LogP contribution in [0.4, 0.5) is 5.69 Å². The molecule has 0 aliphatic carbocycles. The molecular formula is C14H11Br2NO2. The summed E-state index contributed by atoms with van der Waals surface area (Å²) >= 11 is 6.68. The van der Waals surface area contributed by atoms with Crippen LogP contribution in [0.2, 0.25) is 0 Å². The number of hydrogen-bond donors (Lipinski definition) is 1. The van der Waals surface area contributed by atoms with Crippen LogP contribution in [0, 0.1) is 0 Å². The number of ether oxygens (including phenoxy) is 1. The number of nitrogens with two attached hydrogens (primary N) is 1. The lowest BCUT2D eigenvalue weighted by Gasteiger charge is -2.07. The maximum absolute atomic E-state index is 12.4. The maximum Gasteiger partial charge on any atom is 0.194 e. The number of halogens is 2. The van der Waals surface area contributed by atoms with Gasteiger partial charge in [0.2, 0.25) is 0 Å². The Bertz CT molecular complexity index is 641. The topological polar surface area (TPSA) is 52.3 Å². The Labute approximate surface area is 128 Å². The van der Waals surface area contributed by atoms with E-state index in [1.807, 2.05) is 0 Å². The van der Waals surface area contributed by atoms with Gasteiger partial charge in [0.15, 0.2) is 5.78 Å². The maximum atomic E-state index is 12.4. The van der Waals surface area contributed by atoms with Gasteiger partial charge in [0.1, 0.15) is 5.75 Å². The SMILES string of the molecule is COc1ccc(C(=O)c2ccc(Br)c(N)c2)c(Br)c1. The lowest BCUT2D eigenvalue weighted by atomic mass is 10.0. The highest BCUT2D eigenvalue weighted by Gasteiger charge is 2.14. The van der Waals surface area contributed by atoms with Gasteiger partial charge in [-0.3, -0.25) is 4.79 Å². The van der Waals surface area contributed by atoms with Crippen molar-refractivity contribution in [3.63, 3.8) is 0 Å². The second kappa shape index (κ2) is 5.75. The van der Waals surface area contributed by atoms with E-state index in [0.717, 1.165) is 4.47 Å². The van der Waals surface area contributed by atoms with Crippen LogP contribution in [0.1, 0.15) is 15.9 Å². The highest BCUT2D eigenvalue weighted by Crippen LogP contribution is 2.27. The molecule has 5 heteroatoms. The first kappa shape index (κ1) is 14.1. The van der Waals surface area contributed by atoms with Gasteiger partial charge >= 0.3 is 0 Å². The average Bonchev–Trinajstić information content (AvgIpc) is 2.41. The van der Waals surface area contributed by atoms with Crippen LogP contribution in [0.25, 0.3) is 0 Å². The quantitative estimate of drug-likeness (QED) is 0.641. The molecule has 2 N–H and O–H groups in total. The third-order valence-electron chi connectivity index (χ3n) is 2.68. The smallest absolute Gasteiger partial charge is 0.194 e. The van der Waals surface area contributed by atoms with Crippen LogP contribution in [0.15, 0.2) is 45.3 Å². The molecule has 3 nitrogen and oxygen atoms in total. The van der Waals surface area contributed by atoms with Crippen molar-refractivity contribution in [1.82, 2.24) is 0 Å². The number of benzene rings is 2. The monoisotopic (exact) mass is 383 g/mol. The van der Waals surface area contributed by atoms with Gasteiger partial charge < -0.3 is 10.5 Å². The van der Waals surface area contributed by atoms with Crippen molar-refractivity contribution in [1.29, 1.82) is 0 Å². The fraction of sp³-hybridized carbons (Fsp3) is 0.0714. The van der Waals surface area contributed by atoms with Gasteiger partial charge in [0.25, 0.3) is 0 Å². The Hall–Kier alpha value is -1.33. The number of methoxy groups -OCH3 is 1. The highest BCUT2D eigenvalue weighted by molar-refractivity contribution is 9.11. The number of nitrogen functional groups attached to an aromatic ring is 1. The van der Waals surface area contributed by atoms with Crippen molar-refractivity contribution in [2.45, 2.75) is 0 Å². The summed E-state index contributed by atoms with van der Waals surface area (Å²) in [6, 6.07) is 10.4. The predicted octanol–water partition coefficient (Wildman–Crippen LogP) is 4.03. The molecule has 0 aromatic heterocycles. The van der Waals surface area contributed by atoms with Crippen molar-refractivity contribution in [3.8, 4) is 5.75 Å². The van der Waals surface area contributed by atoms with Crippen LogP contribution >= 0.6 is 31.9 Å². The Morgan fingerprint density at radius 1 is 1.11 bits per heavy atom. The van der Waals surface area contributed by atoms with E-state index in [9.17, 15) is 4.79 Å². The van der Waals surface area contributed by atoms with Gasteiger partial charge in [-0.15, -0.1) is 0 Å². The number of hydrogen-bond acceptors (Lipinski definition) is 3. The standard InChI is InChI=1S/C14H11Br2NO2/c1-19-9-3-4-10(12(16)7-9)14(18)8-2-5-11(15)13(17)6-8/h2-7H,17H2,1H3. The zero-order chi connectivity index (χ0) is 14.0. The molecule has 0 atom stereocenters. The van der Waals surface area contributed by atoms with Gasteiger partial charge in [0, 0.05) is 25.8 Å². The minimum atomic E-state index is -0.0891. The number of carbonyl (C=O) groups excluding carboxylic acids is 1. The molecule has 2 aromatic rings. The summed E-state index contributed by atoms with van der Waals surface area (Å²) in [5, 5.41) is 0. The molecule has 0 radical (unpaired) electrons. The van der Waals surface area contributed by atoms with E-state index >= 15 is 0 Å². The first-order chi connectivity index (χ1) is 9.02. The van der Waals surface area contributed by atoms with E-state index in [1.54, 1.807) is 43.5 Å². The summed E-state index contributed by atoms with van der Waals surface area (Å²) < 4.78 is 6.57. The van der Waals surface area contributed by atoms with E-state index < -0.39 is 0 Å². The molecular weight excluding hydrogens is 374 g/mol. The lowest BCUT2D eigenvalue weighted by Crippen LogP contribution is -2.03. The Balaban J connectivity index is 2.41. The van der Waals surface area contributed by atoms with Crippen molar-refractivity contribution >= 4 is 43.3 Å². The summed E-state index contributed by atoms with van der Waals surface area (Å²) in [6.45, 7) is 0. The lowest BCUT2D eigenvalue weighted by molar-refractivity contribution is 0.103. The van der Waals surface area contributed by atoms with E-state index in [-0.39, 0.29) is 5.78 Å². The van der Waals surface area contributed by atoms with Crippen molar-refractivity contribution in [2.24, 2.45) is 0 Å². The van der Waals surface area contributed by atoms with Crippen molar-refractivity contribution in [2.75, 3.05) is 12.8 Å². The minimum absolute atomic E-state index is 0.0891. The molecule has 2 aromatic carbocycles. The molecule has 0 fully saturated rings. The van der Waals surface area contributed by atoms with Crippen LogP contribution in [-0.2, 0) is 0 Å². The Morgan fingerprint density at radius 3 is 2.42 bits per heavy atom. The second-order valence-electron chi connectivity index (χ2n) is 3.91. The molecule has 0 saturated heterocycles. The van der Waals surface area contributed by atoms with E-state index in [0.29, 0.717) is 27.0 Å². The number of ketones is 1. The average molecular weight is 385 g/mol. The molecule has 0 heterocycles. The molecule has 2 rings (SSSR count). The van der Waals surface area contributed by atoms with E-state index in [4.69, 9.17) is 10.5 Å². The zero-order valence-corrected chi connectivity index (χ0v) is 13.3. The van der Waals surface area contributed by atoms with Gasteiger partial charge in [-0.25, -0.2) is 0 Å². The second-order valence-corrected chi connectivity index (χ2v) is 5.62. The molecule has 0 saturated carbocycles. The molecule has 0 bridgehead atoms. The summed E-state index contributed by atoms with van der Waals surface area (Å²) in [4.78, 5) is 12.4. The molecule has 0 aliphatic heterocycles. The van der Waals surface area contributed by atoms with E-state index in [2.05, 4.69) is 31.9 Å². The number of rotatable bonds is 3. The van der Waals surface area contributed by atoms with Crippen molar-refractivity contribution < 1.29 is 9.53 Å². The minimum Gasteiger partial charge on any atom is -0.497 e. The molecule has 0 unspecified atom stereocenters. The summed E-state index contributed by atoms with van der Waals surface area (Å²) in [5.41, 5.74) is 7.45. The van der Waals surface area contributed by atoms with E-state index in [1.165, 1.54) is 0 Å². The van der Waals surface area contributed by atoms with Gasteiger partial charge in [0.05, 0.1) is 7.11 Å². The number of anilines is 1. The Morgan fingerprint density at radius 2 is 1.84 bits per heavy atom. The molecule has 98 valence electrons. The highest BCUT2D eigenvalue weighted by atomic mass is 79.9. The first-order valence-corrected chi connectivity index (χ1v) is 7.05. The van der Waals surface area contributed by atoms with Crippen LogP contribution < -0.4 is 10.5 Å². The van der Waals surface area contributed by atoms with Crippen LogP contribution in [-0.4, -0.2) is 12.9 Å². The third kappa shape index (κ3) is 2.98. The Kier molecular flexibility index (Phi) is 4.27. The number of carbonyl (C=O) groups is 1. The summed E-state index contributed by atoms with van der Waals surface area (Å²) in [7, 11) is 1.58. The fourth-order valence-electron chi connectivity index (χ4n) is 1.65. The largest absolute Gasteiger partial charge is 0.497 e. The van der Waals surface area contributed by atoms with Gasteiger partial charge in [-0.2, -0.15) is 0 Å². The van der Waals surface area contributed by atoms with Crippen LogP contribution in [0.3, 0.4) is 0 Å². The predicted molar refractivity (Wildman–Crippen MR) is 82.7 cm³/mol. The van der Waals surface area contributed by atoms with Gasteiger partial charge in [-0.1, -0.05) is 0 Å². The first-order valence-electron chi connectivity index (χ1n) is 5.46. The van der Waals surface area contributed by atoms with Crippen LogP contribution in [0.5, 0.6) is 5.75 Å².